The van der Waals surface area contributed by atoms with Crippen molar-refractivity contribution in [3.63, 3.8) is 0 Å². The molecule has 2 atom stereocenters. The largest absolute Gasteiger partial charge is 0.462 e. The molecule has 1 N–H and O–H groups in total. The number of hydrogen-bond donors (Lipinski definition) is 1. The van der Waals surface area contributed by atoms with E-state index in [1.807, 2.05) is 7.05 Å². The number of benzene rings is 1. The highest BCUT2D eigenvalue weighted by Crippen LogP contribution is 2.32. The van der Waals surface area contributed by atoms with Crippen LogP contribution in [0.25, 0.3) is 0 Å². The monoisotopic (exact) mass is 356 g/mol. The summed E-state index contributed by atoms with van der Waals surface area (Å²) < 4.78 is 5.46. The summed E-state index contributed by atoms with van der Waals surface area (Å²) in [5.41, 5.74) is 5.41. The van der Waals surface area contributed by atoms with Crippen LogP contribution in [0.1, 0.15) is 41.5 Å². The van der Waals surface area contributed by atoms with Crippen molar-refractivity contribution in [3.05, 3.63) is 34.4 Å². The van der Waals surface area contributed by atoms with E-state index in [0.29, 0.717) is 25.8 Å². The number of fused-ring (bicyclic) bond motifs is 2. The fraction of sp³-hybridized carbons (Fsp3) is 0.550. The Morgan fingerprint density at radius 1 is 1.23 bits per heavy atom. The number of esters is 1. The van der Waals surface area contributed by atoms with Crippen LogP contribution in [0.4, 0.5) is 0 Å². The van der Waals surface area contributed by atoms with Crippen LogP contribution in [-0.2, 0) is 33.7 Å². The first-order valence-corrected chi connectivity index (χ1v) is 9.29. The third kappa shape index (κ3) is 3.14. The molecule has 2 unspecified atom stereocenters. The number of cyclic esters (lactones) is 1. The van der Waals surface area contributed by atoms with Crippen LogP contribution in [0.5, 0.6) is 0 Å². The second-order valence-corrected chi connectivity index (χ2v) is 7.49. The number of rotatable bonds is 3. The maximum Gasteiger partial charge on any atom is 0.310 e. The van der Waals surface area contributed by atoms with Gasteiger partial charge in [0.2, 0.25) is 5.91 Å². The summed E-state index contributed by atoms with van der Waals surface area (Å²) in [6, 6.07) is 4.23. The lowest BCUT2D eigenvalue weighted by Crippen LogP contribution is -2.38. The summed E-state index contributed by atoms with van der Waals surface area (Å²) in [5.74, 6) is 0.117. The number of hydrogen-bond acceptors (Lipinski definition) is 5. The van der Waals surface area contributed by atoms with Crippen molar-refractivity contribution in [2.75, 3.05) is 20.2 Å². The molecule has 0 aromatic heterocycles. The lowest BCUT2D eigenvalue weighted by molar-refractivity contribution is -0.148. The molecule has 3 aliphatic heterocycles. The highest BCUT2D eigenvalue weighted by atomic mass is 16.5. The maximum absolute atomic E-state index is 12.1. The predicted molar refractivity (Wildman–Crippen MR) is 96.0 cm³/mol. The number of carbonyl (C=O) groups is 2. The maximum atomic E-state index is 12.1. The molecule has 1 amide bonds. The Labute approximate surface area is 152 Å². The van der Waals surface area contributed by atoms with E-state index in [2.05, 4.69) is 12.1 Å². The summed E-state index contributed by atoms with van der Waals surface area (Å²) in [4.78, 5) is 30.7. The van der Waals surface area contributed by atoms with Crippen LogP contribution >= 0.6 is 0 Å². The van der Waals surface area contributed by atoms with Crippen molar-refractivity contribution in [3.8, 4) is 0 Å². The van der Waals surface area contributed by atoms with Gasteiger partial charge in [-0.1, -0.05) is 6.07 Å². The van der Waals surface area contributed by atoms with E-state index in [1.165, 1.54) is 0 Å². The number of carbonyl (C=O) groups excluding carboxylic acids is 2. The molecular formula is C20H24N2O4. The molecule has 0 bridgehead atoms. The van der Waals surface area contributed by atoms with Crippen LogP contribution < -0.4 is 0 Å². The van der Waals surface area contributed by atoms with Gasteiger partial charge < -0.3 is 14.7 Å². The Morgan fingerprint density at radius 2 is 2.08 bits per heavy atom. The Kier molecular flexibility index (Phi) is 4.53. The van der Waals surface area contributed by atoms with Gasteiger partial charge in [0.15, 0.2) is 0 Å². The first-order valence-electron chi connectivity index (χ1n) is 9.29. The lowest BCUT2D eigenvalue weighted by Gasteiger charge is -2.29. The Balaban J connectivity index is 1.63. The summed E-state index contributed by atoms with van der Waals surface area (Å²) in [7, 11) is 1.85. The van der Waals surface area contributed by atoms with Crippen LogP contribution in [0, 0.1) is 5.92 Å². The zero-order valence-corrected chi connectivity index (χ0v) is 15.0. The van der Waals surface area contributed by atoms with Crippen molar-refractivity contribution >= 4 is 17.6 Å². The topological polar surface area (TPSA) is 79.2 Å². The van der Waals surface area contributed by atoms with E-state index in [4.69, 9.17) is 9.73 Å². The van der Waals surface area contributed by atoms with Crippen LogP contribution in [0.2, 0.25) is 0 Å². The van der Waals surface area contributed by atoms with Crippen molar-refractivity contribution in [2.24, 2.45) is 10.9 Å². The standard InChI is InChI=1S/C20H24N2O4/c1-22-4-2-12(9-18(22)24)20-17-8-14-7-16(3-5-23)26-19(25)10-13(14)6-15(17)11-21-20/h6,8,12,16,23H,2-5,7,9-11H2,1H3. The molecule has 138 valence electrons. The Morgan fingerprint density at radius 3 is 2.85 bits per heavy atom. The van der Waals surface area contributed by atoms with E-state index in [0.717, 1.165) is 40.9 Å². The predicted octanol–water partition coefficient (Wildman–Crippen LogP) is 1.25. The molecular weight excluding hydrogens is 332 g/mol. The molecule has 1 aromatic carbocycles. The molecule has 6 nitrogen and oxygen atoms in total. The molecule has 3 heterocycles. The molecule has 4 rings (SSSR count). The van der Waals surface area contributed by atoms with Gasteiger partial charge in [-0.05, 0) is 29.2 Å². The molecule has 3 aliphatic rings. The first-order chi connectivity index (χ1) is 12.5. The van der Waals surface area contributed by atoms with Gasteiger partial charge in [0, 0.05) is 56.7 Å². The van der Waals surface area contributed by atoms with Crippen LogP contribution in [-0.4, -0.2) is 53.9 Å². The normalized spacial score (nSPS) is 25.3. The van der Waals surface area contributed by atoms with Crippen LogP contribution in [0.3, 0.4) is 0 Å². The highest BCUT2D eigenvalue weighted by Gasteiger charge is 2.32. The number of aliphatic imine (C=N–C) groups is 1. The zero-order valence-electron chi connectivity index (χ0n) is 15.0. The Hall–Kier alpha value is -2.21. The number of amides is 1. The second kappa shape index (κ2) is 6.83. The van der Waals surface area contributed by atoms with Crippen molar-refractivity contribution < 1.29 is 19.4 Å². The minimum absolute atomic E-state index is 0.00261. The van der Waals surface area contributed by atoms with Gasteiger partial charge in [0.25, 0.3) is 0 Å². The molecule has 1 aromatic rings. The van der Waals surface area contributed by atoms with Crippen molar-refractivity contribution in [1.82, 2.24) is 4.90 Å². The smallest absolute Gasteiger partial charge is 0.310 e. The van der Waals surface area contributed by atoms with Gasteiger partial charge in [-0.25, -0.2) is 0 Å². The molecule has 26 heavy (non-hydrogen) atoms. The van der Waals surface area contributed by atoms with Gasteiger partial charge in [0.1, 0.15) is 6.10 Å². The second-order valence-electron chi connectivity index (χ2n) is 7.49. The lowest BCUT2D eigenvalue weighted by atomic mass is 9.85. The Bertz CT molecular complexity index is 786. The van der Waals surface area contributed by atoms with E-state index in [1.54, 1.807) is 4.90 Å². The fourth-order valence-corrected chi connectivity index (χ4v) is 4.22. The molecule has 0 radical (unpaired) electrons. The zero-order chi connectivity index (χ0) is 18.3. The molecule has 0 aliphatic carbocycles. The number of nitrogens with zero attached hydrogens (tertiary/aromatic N) is 2. The van der Waals surface area contributed by atoms with Gasteiger partial charge in [-0.2, -0.15) is 0 Å². The van der Waals surface area contributed by atoms with Crippen molar-refractivity contribution in [1.29, 1.82) is 0 Å². The number of aliphatic hydroxyl groups is 1. The van der Waals surface area contributed by atoms with Gasteiger partial charge >= 0.3 is 5.97 Å². The van der Waals surface area contributed by atoms with Crippen LogP contribution in [0.15, 0.2) is 17.1 Å². The average Bonchev–Trinajstić information content (AvgIpc) is 2.93. The highest BCUT2D eigenvalue weighted by molar-refractivity contribution is 6.07. The number of likely N-dealkylation sites (tertiary alicyclic amines) is 1. The summed E-state index contributed by atoms with van der Waals surface area (Å²) in [5, 5.41) is 9.21. The van der Waals surface area contributed by atoms with E-state index in [9.17, 15) is 14.7 Å². The quantitative estimate of drug-likeness (QED) is 0.827. The number of aliphatic hydroxyl groups excluding tert-OH is 1. The van der Waals surface area contributed by atoms with Gasteiger partial charge in [-0.3, -0.25) is 14.6 Å². The molecule has 0 saturated carbocycles. The summed E-state index contributed by atoms with van der Waals surface area (Å²) in [6.45, 7) is 1.39. The third-order valence-electron chi connectivity index (χ3n) is 5.70. The molecule has 0 spiro atoms. The molecule has 6 heteroatoms. The average molecular weight is 356 g/mol. The summed E-state index contributed by atoms with van der Waals surface area (Å²) in [6.07, 6.45) is 2.51. The SMILES string of the molecule is CN1CCC(C2=NCc3cc4c(cc32)CC(CCO)OC(=O)C4)CC1=O. The van der Waals surface area contributed by atoms with E-state index >= 15 is 0 Å². The number of ether oxygens (including phenoxy) is 1. The van der Waals surface area contributed by atoms with Crippen molar-refractivity contribution in [2.45, 2.75) is 44.8 Å². The van der Waals surface area contributed by atoms with E-state index in [-0.39, 0.29) is 36.9 Å². The number of piperidine rings is 1. The minimum Gasteiger partial charge on any atom is -0.462 e. The van der Waals surface area contributed by atoms with E-state index < -0.39 is 0 Å². The van der Waals surface area contributed by atoms with Gasteiger partial charge in [-0.15, -0.1) is 0 Å². The fourth-order valence-electron chi connectivity index (χ4n) is 4.22. The molecule has 1 saturated heterocycles. The minimum atomic E-state index is -0.279. The van der Waals surface area contributed by atoms with Gasteiger partial charge in [0.05, 0.1) is 13.0 Å². The summed E-state index contributed by atoms with van der Waals surface area (Å²) >= 11 is 0. The first kappa shape index (κ1) is 17.2. The third-order valence-corrected chi connectivity index (χ3v) is 5.70. The molecule has 1 fully saturated rings.